The molecule has 1 unspecified atom stereocenters. The lowest BCUT2D eigenvalue weighted by Gasteiger charge is -2.49. The molecule has 3 N–H and O–H groups in total. The average molecular weight is 460 g/mol. The first-order valence-electron chi connectivity index (χ1n) is 11.4. The molecule has 3 aromatic carbocycles. The topological polar surface area (TPSA) is 72.5 Å². The third-order valence-electron chi connectivity index (χ3n) is 6.97. The van der Waals surface area contributed by atoms with Crippen LogP contribution in [0.2, 0.25) is 0 Å². The minimum atomic E-state index is -0.963. The number of hydrogen-bond donors (Lipinski definition) is 2. The Balaban J connectivity index is 1.28. The Labute approximate surface area is 199 Å². The molecule has 2 saturated carbocycles. The fraction of sp³-hybridized carbons (Fsp3) is 0.321. The second kappa shape index (κ2) is 8.54. The Morgan fingerprint density at radius 2 is 1.82 bits per heavy atom. The minimum absolute atomic E-state index is 0.276. The summed E-state index contributed by atoms with van der Waals surface area (Å²) in [6.45, 7) is 2.09. The summed E-state index contributed by atoms with van der Waals surface area (Å²) >= 11 is 1.90. The summed E-state index contributed by atoms with van der Waals surface area (Å²) in [5.74, 6) is -0.0406. The van der Waals surface area contributed by atoms with Crippen LogP contribution in [0.4, 0.5) is 0 Å². The lowest BCUT2D eigenvalue weighted by atomic mass is 9.64. The molecule has 5 rings (SSSR count). The van der Waals surface area contributed by atoms with E-state index in [1.165, 1.54) is 22.4 Å². The predicted octanol–water partition coefficient (Wildman–Crippen LogP) is 5.57. The van der Waals surface area contributed by atoms with Gasteiger partial charge in [-0.25, -0.2) is 0 Å². The molecule has 1 spiro atoms. The molecule has 2 aliphatic rings. The van der Waals surface area contributed by atoms with Gasteiger partial charge in [-0.2, -0.15) is 0 Å². The molecule has 4 nitrogen and oxygen atoms in total. The number of aliphatic carboxylic acids is 1. The number of hydrogen-bond acceptors (Lipinski definition) is 4. The van der Waals surface area contributed by atoms with Gasteiger partial charge in [0, 0.05) is 10.1 Å². The van der Waals surface area contributed by atoms with E-state index in [1.54, 1.807) is 0 Å². The van der Waals surface area contributed by atoms with Crippen LogP contribution in [-0.2, 0) is 16.8 Å². The Morgan fingerprint density at radius 3 is 2.52 bits per heavy atom. The zero-order valence-electron chi connectivity index (χ0n) is 18.7. The Bertz CT molecular complexity index is 1140. The van der Waals surface area contributed by atoms with E-state index < -0.39 is 12.0 Å². The van der Waals surface area contributed by atoms with Gasteiger partial charge in [0.2, 0.25) is 0 Å². The van der Waals surface area contributed by atoms with Crippen LogP contribution in [0.15, 0.2) is 83.8 Å². The number of nitrogens with two attached hydrogens (primary N) is 1. The first kappa shape index (κ1) is 22.1. The van der Waals surface area contributed by atoms with E-state index in [2.05, 4.69) is 73.7 Å². The zero-order valence-corrected chi connectivity index (χ0v) is 19.6. The van der Waals surface area contributed by atoms with Crippen LogP contribution in [0.3, 0.4) is 0 Å². The van der Waals surface area contributed by atoms with E-state index >= 15 is 0 Å². The highest BCUT2D eigenvalue weighted by atomic mass is 32.2. The van der Waals surface area contributed by atoms with Crippen LogP contribution >= 0.6 is 11.8 Å². The summed E-state index contributed by atoms with van der Waals surface area (Å²) in [6, 6.07) is 26.2. The number of thioether (sulfide) groups is 1. The lowest BCUT2D eigenvalue weighted by molar-refractivity contribution is -0.138. The molecule has 2 fully saturated rings. The maximum absolute atomic E-state index is 11.1. The molecule has 33 heavy (non-hydrogen) atoms. The highest BCUT2D eigenvalue weighted by molar-refractivity contribution is 8.00. The molecule has 0 aromatic heterocycles. The van der Waals surface area contributed by atoms with Gasteiger partial charge in [0.15, 0.2) is 0 Å². The van der Waals surface area contributed by atoms with Gasteiger partial charge in [0.25, 0.3) is 0 Å². The van der Waals surface area contributed by atoms with Gasteiger partial charge >= 0.3 is 5.97 Å². The third kappa shape index (κ3) is 4.53. The summed E-state index contributed by atoms with van der Waals surface area (Å²) in [6.07, 6.45) is 3.56. The standard InChI is InChI=1S/C28H29NO3S/c1-19-10-12-22(13-11-19)32-28(21-7-3-2-4-8-21)17-27(18-28)16-25(27)33-23-9-5-6-20(14-23)15-24(29)26(30)31/h2-14,24-25H,15-18,29H2,1H3,(H,30,31)/t24-,25?,27?,28?/m0/s1. The van der Waals surface area contributed by atoms with Crippen molar-refractivity contribution in [2.24, 2.45) is 11.1 Å². The molecular weight excluding hydrogens is 430 g/mol. The SMILES string of the molecule is Cc1ccc(OC2(c3ccccc3)CC3(CC3Sc3cccc(C[C@H](N)C(=O)O)c3)C2)cc1. The van der Waals surface area contributed by atoms with Gasteiger partial charge in [-0.3, -0.25) is 4.79 Å². The third-order valence-corrected chi connectivity index (χ3v) is 8.45. The molecule has 0 radical (unpaired) electrons. The van der Waals surface area contributed by atoms with Crippen molar-refractivity contribution >= 4 is 17.7 Å². The normalized spacial score (nSPS) is 26.4. The summed E-state index contributed by atoms with van der Waals surface area (Å²) in [4.78, 5) is 12.3. The highest BCUT2D eigenvalue weighted by Crippen LogP contribution is 2.73. The van der Waals surface area contributed by atoms with Crippen molar-refractivity contribution in [2.45, 2.75) is 54.4 Å². The minimum Gasteiger partial charge on any atom is -0.483 e. The molecule has 0 saturated heterocycles. The van der Waals surface area contributed by atoms with E-state index in [4.69, 9.17) is 15.6 Å². The van der Waals surface area contributed by atoms with Crippen molar-refractivity contribution in [3.05, 3.63) is 95.6 Å². The molecule has 5 heteroatoms. The molecule has 170 valence electrons. The first-order chi connectivity index (χ1) is 15.9. The number of carboxylic acids is 1. The van der Waals surface area contributed by atoms with E-state index in [1.807, 2.05) is 23.9 Å². The lowest BCUT2D eigenvalue weighted by Crippen LogP contribution is -2.48. The first-order valence-corrected chi connectivity index (χ1v) is 12.3. The maximum atomic E-state index is 11.1. The molecule has 0 amide bonds. The van der Waals surface area contributed by atoms with Crippen LogP contribution in [0.25, 0.3) is 0 Å². The summed E-state index contributed by atoms with van der Waals surface area (Å²) < 4.78 is 6.66. The molecule has 0 heterocycles. The van der Waals surface area contributed by atoms with Gasteiger partial charge in [-0.05, 0) is 73.4 Å². The summed E-state index contributed by atoms with van der Waals surface area (Å²) in [5.41, 5.74) is 9.20. The molecule has 0 bridgehead atoms. The van der Waals surface area contributed by atoms with Gasteiger partial charge < -0.3 is 15.6 Å². The molecular formula is C28H29NO3S. The van der Waals surface area contributed by atoms with Crippen molar-refractivity contribution in [2.75, 3.05) is 0 Å². The van der Waals surface area contributed by atoms with Gasteiger partial charge in [0.05, 0.1) is 0 Å². The molecule has 2 atom stereocenters. The number of ether oxygens (including phenoxy) is 1. The quantitative estimate of drug-likeness (QED) is 0.461. The van der Waals surface area contributed by atoms with E-state index in [0.717, 1.165) is 24.2 Å². The number of rotatable bonds is 8. The zero-order chi connectivity index (χ0) is 23.1. The monoisotopic (exact) mass is 459 g/mol. The molecule has 2 aliphatic carbocycles. The van der Waals surface area contributed by atoms with Crippen LogP contribution in [0.1, 0.15) is 36.0 Å². The summed E-state index contributed by atoms with van der Waals surface area (Å²) in [7, 11) is 0. The second-order valence-corrected chi connectivity index (χ2v) is 10.9. The van der Waals surface area contributed by atoms with Crippen molar-refractivity contribution < 1.29 is 14.6 Å². The van der Waals surface area contributed by atoms with Crippen LogP contribution in [0, 0.1) is 12.3 Å². The van der Waals surface area contributed by atoms with Gasteiger partial charge in [0.1, 0.15) is 17.4 Å². The van der Waals surface area contributed by atoms with Gasteiger partial charge in [-0.1, -0.05) is 60.2 Å². The van der Waals surface area contributed by atoms with Gasteiger partial charge in [-0.15, -0.1) is 11.8 Å². The molecule has 0 aliphatic heterocycles. The fourth-order valence-corrected chi connectivity index (χ4v) is 6.63. The van der Waals surface area contributed by atoms with Crippen LogP contribution < -0.4 is 10.5 Å². The number of carboxylic acid groups (broad SMARTS) is 1. The van der Waals surface area contributed by atoms with Crippen molar-refractivity contribution in [3.8, 4) is 5.75 Å². The fourth-order valence-electron chi connectivity index (χ4n) is 5.09. The Kier molecular flexibility index (Phi) is 5.71. The average Bonchev–Trinajstić information content (AvgIpc) is 3.48. The van der Waals surface area contributed by atoms with Crippen molar-refractivity contribution in [1.82, 2.24) is 0 Å². The Hall–Kier alpha value is -2.76. The largest absolute Gasteiger partial charge is 0.483 e. The van der Waals surface area contributed by atoms with Crippen LogP contribution in [0.5, 0.6) is 5.75 Å². The highest BCUT2D eigenvalue weighted by Gasteiger charge is 2.69. The van der Waals surface area contributed by atoms with Crippen LogP contribution in [-0.4, -0.2) is 22.4 Å². The molecule has 3 aromatic rings. The van der Waals surface area contributed by atoms with Crippen molar-refractivity contribution in [1.29, 1.82) is 0 Å². The van der Waals surface area contributed by atoms with E-state index in [-0.39, 0.29) is 5.60 Å². The van der Waals surface area contributed by atoms with E-state index in [9.17, 15) is 4.79 Å². The summed E-state index contributed by atoms with van der Waals surface area (Å²) in [5, 5.41) is 9.65. The second-order valence-electron chi connectivity index (χ2n) is 9.60. The number of benzene rings is 3. The Morgan fingerprint density at radius 1 is 1.09 bits per heavy atom. The van der Waals surface area contributed by atoms with E-state index in [0.29, 0.717) is 17.1 Å². The van der Waals surface area contributed by atoms with Crippen molar-refractivity contribution in [3.63, 3.8) is 0 Å². The smallest absolute Gasteiger partial charge is 0.320 e. The number of aryl methyl sites for hydroxylation is 1. The predicted molar refractivity (Wildman–Crippen MR) is 132 cm³/mol. The maximum Gasteiger partial charge on any atom is 0.320 e. The number of carbonyl (C=O) groups is 1.